The minimum Gasteiger partial charge on any atom is -0.380 e. The fourth-order valence-corrected chi connectivity index (χ4v) is 4.76. The van der Waals surface area contributed by atoms with Gasteiger partial charge in [-0.1, -0.05) is 22.9 Å². The molecule has 0 aliphatic carbocycles. The van der Waals surface area contributed by atoms with E-state index in [1.54, 1.807) is 7.11 Å². The predicted octanol–water partition coefficient (Wildman–Crippen LogP) is 1.60. The number of hydrogen-bond acceptors (Lipinski definition) is 5. The average molecular weight is 297 g/mol. The summed E-state index contributed by atoms with van der Waals surface area (Å²) in [6.45, 7) is 0.923. The van der Waals surface area contributed by atoms with Crippen LogP contribution in [0.5, 0.6) is 0 Å². The van der Waals surface area contributed by atoms with Crippen molar-refractivity contribution in [2.45, 2.75) is 23.2 Å². The van der Waals surface area contributed by atoms with Gasteiger partial charge < -0.3 is 4.74 Å². The lowest BCUT2D eigenvalue weighted by molar-refractivity contribution is 0.0572. The third kappa shape index (κ3) is 2.79. The summed E-state index contributed by atoms with van der Waals surface area (Å²) in [5, 5.41) is 0. The summed E-state index contributed by atoms with van der Waals surface area (Å²) in [5.74, 6) is 0. The number of aromatic nitrogens is 1. The van der Waals surface area contributed by atoms with Gasteiger partial charge in [-0.3, -0.25) is 0 Å². The molecule has 0 N–H and O–H groups in total. The van der Waals surface area contributed by atoms with Crippen LogP contribution in [0, 0.1) is 0 Å². The molecule has 1 aromatic rings. The molecule has 0 spiro atoms. The van der Waals surface area contributed by atoms with E-state index >= 15 is 0 Å². The van der Waals surface area contributed by atoms with Gasteiger partial charge >= 0.3 is 0 Å². The van der Waals surface area contributed by atoms with Gasteiger partial charge in [0.25, 0.3) is 10.0 Å². The number of nitrogens with zero attached hydrogens (tertiary/aromatic N) is 2. The van der Waals surface area contributed by atoms with Gasteiger partial charge in [0, 0.05) is 20.2 Å². The zero-order valence-electron chi connectivity index (χ0n) is 9.30. The van der Waals surface area contributed by atoms with E-state index in [0.29, 0.717) is 13.1 Å². The number of hydrogen-bond donors (Lipinski definition) is 0. The summed E-state index contributed by atoms with van der Waals surface area (Å²) >= 11 is 6.64. The fourth-order valence-electron chi connectivity index (χ4n) is 1.80. The van der Waals surface area contributed by atoms with Crippen LogP contribution in [0.2, 0.25) is 4.47 Å². The number of ether oxygens (including phenoxy) is 1. The normalized spacial score (nSPS) is 22.8. The second kappa shape index (κ2) is 5.19. The number of piperidine rings is 1. The van der Waals surface area contributed by atoms with Gasteiger partial charge in [0.1, 0.15) is 0 Å². The average Bonchev–Trinajstić information content (AvgIpc) is 2.76. The summed E-state index contributed by atoms with van der Waals surface area (Å²) in [6, 6.07) is 0. The molecule has 2 heterocycles. The van der Waals surface area contributed by atoms with E-state index in [1.807, 2.05) is 0 Å². The smallest absolute Gasteiger partial charge is 0.254 e. The minimum atomic E-state index is -3.46. The molecule has 0 saturated carbocycles. The highest BCUT2D eigenvalue weighted by Gasteiger charge is 2.31. The zero-order valence-corrected chi connectivity index (χ0v) is 11.7. The van der Waals surface area contributed by atoms with Crippen molar-refractivity contribution in [1.29, 1.82) is 0 Å². The molecule has 0 aromatic carbocycles. The first-order chi connectivity index (χ1) is 8.04. The summed E-state index contributed by atoms with van der Waals surface area (Å²) in [7, 11) is -1.86. The van der Waals surface area contributed by atoms with Gasteiger partial charge in [-0.2, -0.15) is 4.31 Å². The molecular formula is C9H13ClN2O3S2. The van der Waals surface area contributed by atoms with Gasteiger partial charge in [-0.05, 0) is 12.8 Å². The molecule has 0 radical (unpaired) electrons. The summed E-state index contributed by atoms with van der Waals surface area (Å²) in [6.07, 6.45) is 2.98. The standard InChI is InChI=1S/C9H13ClN2O3S2/c1-15-7-3-2-4-12(6-7)17(13,14)8-5-11-9(10)16-8/h5,7H,2-4,6H2,1H3. The van der Waals surface area contributed by atoms with Crippen LogP contribution in [0.1, 0.15) is 12.8 Å². The van der Waals surface area contributed by atoms with Crippen LogP contribution in [0.3, 0.4) is 0 Å². The Bertz CT molecular complexity index is 488. The molecule has 5 nitrogen and oxygen atoms in total. The van der Waals surface area contributed by atoms with E-state index in [2.05, 4.69) is 4.98 Å². The summed E-state index contributed by atoms with van der Waals surface area (Å²) in [5.41, 5.74) is 0. The second-order valence-corrected chi connectivity index (χ2v) is 7.57. The third-order valence-electron chi connectivity index (χ3n) is 2.72. The van der Waals surface area contributed by atoms with Crippen LogP contribution in [0.25, 0.3) is 0 Å². The Morgan fingerprint density at radius 1 is 1.65 bits per heavy atom. The van der Waals surface area contributed by atoms with Gasteiger partial charge in [-0.15, -0.1) is 0 Å². The monoisotopic (exact) mass is 296 g/mol. The van der Waals surface area contributed by atoms with E-state index in [9.17, 15) is 8.42 Å². The highest BCUT2D eigenvalue weighted by atomic mass is 35.5. The van der Waals surface area contributed by atoms with Gasteiger partial charge in [0.15, 0.2) is 8.68 Å². The number of halogens is 1. The van der Waals surface area contributed by atoms with Crippen molar-refractivity contribution < 1.29 is 13.2 Å². The first-order valence-electron chi connectivity index (χ1n) is 5.18. The quantitative estimate of drug-likeness (QED) is 0.850. The lowest BCUT2D eigenvalue weighted by atomic mass is 10.1. The Morgan fingerprint density at radius 2 is 2.41 bits per heavy atom. The first-order valence-corrected chi connectivity index (χ1v) is 7.82. The lowest BCUT2D eigenvalue weighted by Gasteiger charge is -2.30. The van der Waals surface area contributed by atoms with E-state index in [-0.39, 0.29) is 14.8 Å². The van der Waals surface area contributed by atoms with Crippen molar-refractivity contribution in [3.8, 4) is 0 Å². The molecule has 1 fully saturated rings. The minimum absolute atomic E-state index is 0.0260. The van der Waals surface area contributed by atoms with E-state index in [1.165, 1.54) is 10.5 Å². The third-order valence-corrected chi connectivity index (χ3v) is 6.14. The maximum Gasteiger partial charge on any atom is 0.254 e. The zero-order chi connectivity index (χ0) is 12.5. The first kappa shape index (κ1) is 13.2. The van der Waals surface area contributed by atoms with E-state index in [4.69, 9.17) is 16.3 Å². The van der Waals surface area contributed by atoms with Crippen LogP contribution in [0.4, 0.5) is 0 Å². The fraction of sp³-hybridized carbons (Fsp3) is 0.667. The molecule has 17 heavy (non-hydrogen) atoms. The van der Waals surface area contributed by atoms with Crippen molar-refractivity contribution in [3.05, 3.63) is 10.7 Å². The molecule has 2 rings (SSSR count). The molecule has 1 aromatic heterocycles. The lowest BCUT2D eigenvalue weighted by Crippen LogP contribution is -2.42. The van der Waals surface area contributed by atoms with Gasteiger partial charge in [-0.25, -0.2) is 13.4 Å². The van der Waals surface area contributed by atoms with Crippen molar-refractivity contribution in [1.82, 2.24) is 9.29 Å². The highest BCUT2D eigenvalue weighted by molar-refractivity contribution is 7.91. The maximum atomic E-state index is 12.2. The molecule has 1 atom stereocenters. The van der Waals surface area contributed by atoms with Gasteiger partial charge in [0.05, 0.1) is 12.3 Å². The predicted molar refractivity (Wildman–Crippen MR) is 65.9 cm³/mol. The number of rotatable bonds is 3. The van der Waals surface area contributed by atoms with E-state index in [0.717, 1.165) is 24.2 Å². The Balaban J connectivity index is 2.21. The molecular weight excluding hydrogens is 284 g/mol. The number of methoxy groups -OCH3 is 1. The van der Waals surface area contributed by atoms with Crippen molar-refractivity contribution >= 4 is 33.0 Å². The van der Waals surface area contributed by atoms with Crippen LogP contribution in [0.15, 0.2) is 10.4 Å². The topological polar surface area (TPSA) is 59.5 Å². The van der Waals surface area contributed by atoms with Crippen molar-refractivity contribution in [2.24, 2.45) is 0 Å². The Kier molecular flexibility index (Phi) is 4.04. The molecule has 1 aliphatic rings. The van der Waals surface area contributed by atoms with Crippen LogP contribution >= 0.6 is 22.9 Å². The van der Waals surface area contributed by atoms with Gasteiger partial charge in [0.2, 0.25) is 0 Å². The molecule has 0 bridgehead atoms. The summed E-state index contributed by atoms with van der Waals surface area (Å²) < 4.78 is 31.6. The number of sulfonamides is 1. The maximum absolute atomic E-state index is 12.2. The SMILES string of the molecule is COC1CCCN(S(=O)(=O)c2cnc(Cl)s2)C1. The second-order valence-electron chi connectivity index (χ2n) is 3.80. The van der Waals surface area contributed by atoms with Crippen LogP contribution < -0.4 is 0 Å². The van der Waals surface area contributed by atoms with Crippen molar-refractivity contribution in [3.63, 3.8) is 0 Å². The Labute approximate surface area is 109 Å². The molecule has 0 amide bonds. The highest BCUT2D eigenvalue weighted by Crippen LogP contribution is 2.27. The molecule has 96 valence electrons. The molecule has 8 heteroatoms. The molecule has 1 unspecified atom stereocenters. The molecule has 1 saturated heterocycles. The summed E-state index contributed by atoms with van der Waals surface area (Å²) in [4.78, 5) is 3.76. The van der Waals surface area contributed by atoms with Crippen LogP contribution in [-0.2, 0) is 14.8 Å². The Morgan fingerprint density at radius 3 is 3.00 bits per heavy atom. The largest absolute Gasteiger partial charge is 0.380 e. The van der Waals surface area contributed by atoms with Crippen molar-refractivity contribution in [2.75, 3.05) is 20.2 Å². The Hall–Kier alpha value is -0.210. The number of thiazole rings is 1. The molecule has 1 aliphatic heterocycles. The van der Waals surface area contributed by atoms with Crippen LogP contribution in [-0.4, -0.2) is 44.0 Å². The van der Waals surface area contributed by atoms with E-state index < -0.39 is 10.0 Å².